The first-order valence-electron chi connectivity index (χ1n) is 7.75. The normalized spacial score (nSPS) is 11.7. The molecule has 0 saturated heterocycles. The van der Waals surface area contributed by atoms with E-state index in [1.54, 1.807) is 23.6 Å². The second-order valence-electron chi connectivity index (χ2n) is 5.63. The fraction of sp³-hybridized carbons (Fsp3) is 0.0526. The molecule has 0 radical (unpaired) electrons. The number of aromatic amines is 1. The molecule has 3 heterocycles. The Morgan fingerprint density at radius 2 is 1.54 bits per heavy atom. The van der Waals surface area contributed by atoms with Gasteiger partial charge in [-0.25, -0.2) is 0 Å². The Bertz CT molecular complexity index is 1020. The predicted octanol–water partition coefficient (Wildman–Crippen LogP) is 5.89. The number of halogens is 3. The van der Waals surface area contributed by atoms with Crippen LogP contribution in [0.15, 0.2) is 66.9 Å². The van der Waals surface area contributed by atoms with Gasteiger partial charge in [-0.3, -0.25) is 10.1 Å². The van der Waals surface area contributed by atoms with E-state index in [2.05, 4.69) is 10.1 Å². The van der Waals surface area contributed by atoms with Gasteiger partial charge in [0.05, 0.1) is 5.69 Å². The number of aromatic nitrogens is 3. The molecule has 0 unspecified atom stereocenters. The maximum atomic E-state index is 12.7. The Balaban J connectivity index is 1.59. The number of nitrogens with zero attached hydrogens (tertiary/aromatic N) is 2. The summed E-state index contributed by atoms with van der Waals surface area (Å²) in [5.41, 5.74) is 1.72. The molecule has 26 heavy (non-hydrogen) atoms. The molecule has 0 aliphatic carbocycles. The molecule has 4 aromatic rings. The van der Waals surface area contributed by atoms with Crippen molar-refractivity contribution in [3.8, 4) is 32.3 Å². The van der Waals surface area contributed by atoms with E-state index in [-0.39, 0.29) is 5.69 Å². The monoisotopic (exact) mass is 371 g/mol. The number of nitrogens with one attached hydrogen (secondary N) is 1. The largest absolute Gasteiger partial charge is 0.432 e. The minimum atomic E-state index is -4.45. The van der Waals surface area contributed by atoms with Crippen molar-refractivity contribution < 1.29 is 13.2 Å². The molecule has 3 nitrogen and oxygen atoms in total. The lowest BCUT2D eigenvalue weighted by atomic mass is 10.2. The summed E-state index contributed by atoms with van der Waals surface area (Å²) in [6.07, 6.45) is -2.80. The zero-order valence-corrected chi connectivity index (χ0v) is 14.1. The fourth-order valence-electron chi connectivity index (χ4n) is 2.54. The molecule has 0 saturated carbocycles. The van der Waals surface area contributed by atoms with Crippen LogP contribution in [-0.2, 0) is 6.18 Å². The standard InChI is InChI=1S/C19H12F3N3S/c20-19(21,22)18-10-15(24-25-18)14-7-6-13(11-23-14)17-9-8-16(26-17)12-4-2-1-3-5-12/h1-11H,(H,24,25). The van der Waals surface area contributed by atoms with Gasteiger partial charge >= 0.3 is 6.18 Å². The van der Waals surface area contributed by atoms with Gasteiger partial charge < -0.3 is 0 Å². The highest BCUT2D eigenvalue weighted by molar-refractivity contribution is 7.18. The van der Waals surface area contributed by atoms with Crippen LogP contribution in [-0.4, -0.2) is 15.2 Å². The van der Waals surface area contributed by atoms with Crippen molar-refractivity contribution in [1.29, 1.82) is 0 Å². The molecule has 7 heteroatoms. The van der Waals surface area contributed by atoms with Crippen LogP contribution in [0.1, 0.15) is 5.69 Å². The molecule has 3 aromatic heterocycles. The molecule has 130 valence electrons. The van der Waals surface area contributed by atoms with E-state index in [1.807, 2.05) is 53.6 Å². The molecule has 0 bridgehead atoms. The number of thiophene rings is 1. The average molecular weight is 371 g/mol. The minimum absolute atomic E-state index is 0.167. The SMILES string of the molecule is FC(F)(F)c1cc(-c2ccc(-c3ccc(-c4ccccc4)s3)cn2)n[nH]1. The van der Waals surface area contributed by atoms with Crippen molar-refractivity contribution >= 4 is 11.3 Å². The highest BCUT2D eigenvalue weighted by Crippen LogP contribution is 2.35. The Hall–Kier alpha value is -2.93. The van der Waals surface area contributed by atoms with Crippen LogP contribution < -0.4 is 0 Å². The van der Waals surface area contributed by atoms with Gasteiger partial charge in [0.2, 0.25) is 0 Å². The number of hydrogen-bond acceptors (Lipinski definition) is 3. The van der Waals surface area contributed by atoms with E-state index in [1.165, 1.54) is 0 Å². The summed E-state index contributed by atoms with van der Waals surface area (Å²) >= 11 is 1.64. The summed E-state index contributed by atoms with van der Waals surface area (Å²) in [4.78, 5) is 6.45. The Labute approximate surface area is 151 Å². The molecule has 1 aromatic carbocycles. The molecule has 0 spiro atoms. The van der Waals surface area contributed by atoms with Crippen LogP contribution in [0.3, 0.4) is 0 Å². The van der Waals surface area contributed by atoms with Crippen molar-refractivity contribution in [2.24, 2.45) is 0 Å². The van der Waals surface area contributed by atoms with E-state index in [0.29, 0.717) is 5.69 Å². The zero-order chi connectivity index (χ0) is 18.1. The van der Waals surface area contributed by atoms with Gasteiger partial charge in [-0.1, -0.05) is 30.3 Å². The fourth-order valence-corrected chi connectivity index (χ4v) is 3.54. The van der Waals surface area contributed by atoms with Gasteiger partial charge in [-0.2, -0.15) is 18.3 Å². The summed E-state index contributed by atoms with van der Waals surface area (Å²) in [6.45, 7) is 0. The summed E-state index contributed by atoms with van der Waals surface area (Å²) in [6, 6.07) is 18.6. The molecule has 0 aliphatic heterocycles. The Morgan fingerprint density at radius 1 is 0.808 bits per heavy atom. The predicted molar refractivity (Wildman–Crippen MR) is 95.6 cm³/mol. The van der Waals surface area contributed by atoms with Crippen LogP contribution in [0.25, 0.3) is 32.3 Å². The summed E-state index contributed by atoms with van der Waals surface area (Å²) in [5, 5.41) is 5.69. The first-order chi connectivity index (χ1) is 12.5. The Kier molecular flexibility index (Phi) is 4.08. The highest BCUT2D eigenvalue weighted by atomic mass is 32.1. The lowest BCUT2D eigenvalue weighted by molar-refractivity contribution is -0.141. The highest BCUT2D eigenvalue weighted by Gasteiger charge is 2.33. The van der Waals surface area contributed by atoms with E-state index in [4.69, 9.17) is 0 Å². The van der Waals surface area contributed by atoms with Crippen LogP contribution in [0.2, 0.25) is 0 Å². The van der Waals surface area contributed by atoms with E-state index in [0.717, 1.165) is 26.9 Å². The third-order valence-electron chi connectivity index (χ3n) is 3.86. The number of H-pyrrole nitrogens is 1. The molecule has 4 rings (SSSR count). The van der Waals surface area contributed by atoms with Crippen LogP contribution >= 0.6 is 11.3 Å². The maximum Gasteiger partial charge on any atom is 0.432 e. The van der Waals surface area contributed by atoms with E-state index in [9.17, 15) is 13.2 Å². The van der Waals surface area contributed by atoms with Crippen molar-refractivity contribution in [2.75, 3.05) is 0 Å². The number of rotatable bonds is 3. The molecule has 0 aliphatic rings. The average Bonchev–Trinajstić information content (AvgIpc) is 3.32. The molecule has 0 atom stereocenters. The van der Waals surface area contributed by atoms with Gasteiger partial charge in [-0.05, 0) is 35.9 Å². The second-order valence-corrected chi connectivity index (χ2v) is 6.71. The second kappa shape index (κ2) is 6.42. The Morgan fingerprint density at radius 3 is 2.15 bits per heavy atom. The smallest absolute Gasteiger partial charge is 0.273 e. The zero-order valence-electron chi connectivity index (χ0n) is 13.3. The third-order valence-corrected chi connectivity index (χ3v) is 5.04. The number of hydrogen-bond donors (Lipinski definition) is 1. The van der Waals surface area contributed by atoms with Gasteiger partial charge in [-0.15, -0.1) is 11.3 Å². The van der Waals surface area contributed by atoms with E-state index < -0.39 is 11.9 Å². The van der Waals surface area contributed by atoms with Crippen LogP contribution in [0.5, 0.6) is 0 Å². The first-order valence-corrected chi connectivity index (χ1v) is 8.57. The lowest BCUT2D eigenvalue weighted by Gasteiger charge is -2.00. The first kappa shape index (κ1) is 16.5. The summed E-state index contributed by atoms with van der Waals surface area (Å²) in [5.74, 6) is 0. The topological polar surface area (TPSA) is 41.6 Å². The van der Waals surface area contributed by atoms with Gasteiger partial charge in [0, 0.05) is 21.5 Å². The molecular formula is C19H12F3N3S. The molecular weight excluding hydrogens is 359 g/mol. The number of alkyl halides is 3. The van der Waals surface area contributed by atoms with Crippen molar-refractivity contribution in [2.45, 2.75) is 6.18 Å². The van der Waals surface area contributed by atoms with Gasteiger partial charge in [0.1, 0.15) is 11.4 Å². The van der Waals surface area contributed by atoms with Gasteiger partial charge in [0.25, 0.3) is 0 Å². The van der Waals surface area contributed by atoms with Crippen molar-refractivity contribution in [3.63, 3.8) is 0 Å². The summed E-state index contributed by atoms with van der Waals surface area (Å²) < 4.78 is 38.0. The van der Waals surface area contributed by atoms with Crippen molar-refractivity contribution in [1.82, 2.24) is 15.2 Å². The molecule has 0 amide bonds. The van der Waals surface area contributed by atoms with Crippen molar-refractivity contribution in [3.05, 3.63) is 72.6 Å². The molecule has 0 fully saturated rings. The minimum Gasteiger partial charge on any atom is -0.273 e. The van der Waals surface area contributed by atoms with Crippen LogP contribution in [0, 0.1) is 0 Å². The summed E-state index contributed by atoms with van der Waals surface area (Å²) in [7, 11) is 0. The van der Waals surface area contributed by atoms with E-state index >= 15 is 0 Å². The lowest BCUT2D eigenvalue weighted by Crippen LogP contribution is -2.04. The van der Waals surface area contributed by atoms with Gasteiger partial charge in [0.15, 0.2) is 0 Å². The quantitative estimate of drug-likeness (QED) is 0.488. The van der Waals surface area contributed by atoms with Crippen LogP contribution in [0.4, 0.5) is 13.2 Å². The number of pyridine rings is 1. The number of benzene rings is 1. The third kappa shape index (κ3) is 3.25. The maximum absolute atomic E-state index is 12.7. The molecule has 1 N–H and O–H groups in total.